The Balaban J connectivity index is 1.65. The first-order valence-corrected chi connectivity index (χ1v) is 7.24. The molecule has 1 fully saturated rings. The van der Waals surface area contributed by atoms with E-state index in [1.54, 1.807) is 0 Å². The van der Waals surface area contributed by atoms with E-state index >= 15 is 0 Å². The number of rotatable bonds is 4. The maximum atomic E-state index is 5.77. The zero-order valence-electron chi connectivity index (χ0n) is 10.8. The highest BCUT2D eigenvalue weighted by Crippen LogP contribution is 2.19. The molecule has 1 saturated carbocycles. The summed E-state index contributed by atoms with van der Waals surface area (Å²) in [7, 11) is 0. The monoisotopic (exact) mass is 334 g/mol. The van der Waals surface area contributed by atoms with Gasteiger partial charge in [0.25, 0.3) is 0 Å². The van der Waals surface area contributed by atoms with Gasteiger partial charge in [0.15, 0.2) is 11.8 Å². The van der Waals surface area contributed by atoms with E-state index in [0.29, 0.717) is 30.2 Å². The van der Waals surface area contributed by atoms with Gasteiger partial charge >= 0.3 is 0 Å². The van der Waals surface area contributed by atoms with Crippen molar-refractivity contribution in [1.29, 1.82) is 0 Å². The molecule has 7 heteroatoms. The predicted octanol–water partition coefficient (Wildman–Crippen LogP) is 1.80. The lowest BCUT2D eigenvalue weighted by molar-refractivity contribution is 0.857. The van der Waals surface area contributed by atoms with Crippen LogP contribution < -0.4 is 11.1 Å². The zero-order chi connectivity index (χ0) is 13.9. The quantitative estimate of drug-likeness (QED) is 0.587. The Hall–Kier alpha value is -1.89. The number of halogens is 1. The minimum absolute atomic E-state index is 0.398. The van der Waals surface area contributed by atoms with Crippen LogP contribution in [0.3, 0.4) is 0 Å². The average Bonchev–Trinajstić information content (AvgIpc) is 3.12. The summed E-state index contributed by atoms with van der Waals surface area (Å²) >= 11 is 3.40. The second-order valence-corrected chi connectivity index (χ2v) is 5.65. The molecule has 20 heavy (non-hydrogen) atoms. The third kappa shape index (κ3) is 3.36. The molecule has 0 aliphatic heterocycles. The van der Waals surface area contributed by atoms with Crippen LogP contribution in [-0.4, -0.2) is 27.2 Å². The lowest BCUT2D eigenvalue weighted by Gasteiger charge is -2.01. The summed E-state index contributed by atoms with van der Waals surface area (Å²) in [6.45, 7) is 0.398. The van der Waals surface area contributed by atoms with Crippen molar-refractivity contribution >= 4 is 21.9 Å². The molecular weight excluding hydrogens is 320 g/mol. The number of guanidine groups is 1. The summed E-state index contributed by atoms with van der Waals surface area (Å²) in [6, 6.07) is 8.35. The first kappa shape index (κ1) is 13.1. The summed E-state index contributed by atoms with van der Waals surface area (Å²) in [4.78, 5) is 8.64. The molecule has 0 atom stereocenters. The summed E-state index contributed by atoms with van der Waals surface area (Å²) in [5.41, 5.74) is 6.73. The van der Waals surface area contributed by atoms with Crippen molar-refractivity contribution < 1.29 is 0 Å². The lowest BCUT2D eigenvalue weighted by Crippen LogP contribution is -2.33. The second-order valence-electron chi connectivity index (χ2n) is 4.73. The van der Waals surface area contributed by atoms with Crippen LogP contribution in [0.25, 0.3) is 11.4 Å². The number of nitrogens with one attached hydrogen (secondary N) is 2. The Kier molecular flexibility index (Phi) is 3.68. The van der Waals surface area contributed by atoms with Gasteiger partial charge in [0.2, 0.25) is 0 Å². The Morgan fingerprint density at radius 3 is 2.85 bits per heavy atom. The fourth-order valence-corrected chi connectivity index (χ4v) is 2.00. The first-order valence-electron chi connectivity index (χ1n) is 6.44. The summed E-state index contributed by atoms with van der Waals surface area (Å²) < 4.78 is 1.03. The molecule has 0 unspecified atom stereocenters. The molecule has 1 aliphatic rings. The van der Waals surface area contributed by atoms with Crippen molar-refractivity contribution in [2.24, 2.45) is 10.7 Å². The average molecular weight is 335 g/mol. The van der Waals surface area contributed by atoms with E-state index in [2.05, 4.69) is 41.4 Å². The van der Waals surface area contributed by atoms with Gasteiger partial charge in [-0.25, -0.2) is 9.98 Å². The van der Waals surface area contributed by atoms with Crippen LogP contribution in [0, 0.1) is 0 Å². The Bertz CT molecular complexity index is 614. The Morgan fingerprint density at radius 1 is 1.40 bits per heavy atom. The van der Waals surface area contributed by atoms with Gasteiger partial charge in [-0.3, -0.25) is 5.10 Å². The number of aliphatic imine (C=N–C) groups is 1. The molecule has 0 spiro atoms. The number of nitrogens with zero attached hydrogens (tertiary/aromatic N) is 3. The summed E-state index contributed by atoms with van der Waals surface area (Å²) in [6.07, 6.45) is 2.35. The fourth-order valence-electron chi connectivity index (χ4n) is 1.74. The molecule has 1 aliphatic carbocycles. The molecule has 0 amide bonds. The molecule has 4 N–H and O–H groups in total. The third-order valence-corrected chi connectivity index (χ3v) is 3.49. The van der Waals surface area contributed by atoms with Crippen LogP contribution in [0.1, 0.15) is 18.7 Å². The molecule has 0 saturated heterocycles. The smallest absolute Gasteiger partial charge is 0.189 e. The first-order chi connectivity index (χ1) is 9.70. The van der Waals surface area contributed by atoms with Crippen LogP contribution in [0.4, 0.5) is 0 Å². The van der Waals surface area contributed by atoms with Crippen molar-refractivity contribution in [3.63, 3.8) is 0 Å². The van der Waals surface area contributed by atoms with Gasteiger partial charge in [0.05, 0.1) is 0 Å². The number of nitrogens with two attached hydrogens (primary N) is 1. The Morgan fingerprint density at radius 2 is 2.15 bits per heavy atom. The molecular formula is C13H15BrN6. The van der Waals surface area contributed by atoms with Gasteiger partial charge in [-0.15, -0.1) is 0 Å². The van der Waals surface area contributed by atoms with E-state index in [0.717, 1.165) is 10.0 Å². The molecule has 104 valence electrons. The maximum Gasteiger partial charge on any atom is 0.189 e. The number of hydrogen-bond acceptors (Lipinski definition) is 3. The largest absolute Gasteiger partial charge is 0.370 e. The van der Waals surface area contributed by atoms with Crippen molar-refractivity contribution in [1.82, 2.24) is 20.5 Å². The molecule has 0 bridgehead atoms. The highest BCUT2D eigenvalue weighted by Gasteiger charge is 2.21. The van der Waals surface area contributed by atoms with Gasteiger partial charge in [-0.2, -0.15) is 5.10 Å². The number of aromatic amines is 1. The molecule has 1 aromatic heterocycles. The molecule has 3 rings (SSSR count). The number of benzene rings is 1. The molecule has 1 heterocycles. The van der Waals surface area contributed by atoms with Crippen molar-refractivity contribution in [3.05, 3.63) is 34.6 Å². The normalized spacial score (nSPS) is 15.3. The van der Waals surface area contributed by atoms with E-state index in [1.165, 1.54) is 12.8 Å². The van der Waals surface area contributed by atoms with Crippen molar-refractivity contribution in [3.8, 4) is 11.4 Å². The van der Waals surface area contributed by atoms with E-state index in [9.17, 15) is 0 Å². The van der Waals surface area contributed by atoms with Crippen LogP contribution in [0.5, 0.6) is 0 Å². The third-order valence-electron chi connectivity index (χ3n) is 2.96. The number of H-pyrrole nitrogens is 1. The lowest BCUT2D eigenvalue weighted by atomic mass is 10.2. The van der Waals surface area contributed by atoms with E-state index in [1.807, 2.05) is 24.3 Å². The Labute approximate surface area is 125 Å². The van der Waals surface area contributed by atoms with Crippen LogP contribution in [-0.2, 0) is 6.54 Å². The molecule has 2 aromatic rings. The van der Waals surface area contributed by atoms with Gasteiger partial charge in [-0.1, -0.05) is 28.1 Å². The number of hydrogen-bond donors (Lipinski definition) is 3. The highest BCUT2D eigenvalue weighted by molar-refractivity contribution is 9.10. The minimum atomic E-state index is 0.398. The van der Waals surface area contributed by atoms with E-state index in [-0.39, 0.29) is 0 Å². The predicted molar refractivity (Wildman–Crippen MR) is 81.0 cm³/mol. The number of aromatic nitrogens is 3. The summed E-state index contributed by atoms with van der Waals surface area (Å²) in [5.74, 6) is 1.83. The highest BCUT2D eigenvalue weighted by atomic mass is 79.9. The SMILES string of the molecule is NC(=NCc1nc(-c2ccc(Br)cc2)n[nH]1)NC1CC1. The summed E-state index contributed by atoms with van der Waals surface area (Å²) in [5, 5.41) is 10.2. The van der Waals surface area contributed by atoms with Gasteiger partial charge < -0.3 is 11.1 Å². The van der Waals surface area contributed by atoms with Crippen molar-refractivity contribution in [2.75, 3.05) is 0 Å². The molecule has 1 aromatic carbocycles. The topological polar surface area (TPSA) is 92.0 Å². The fraction of sp³-hybridized carbons (Fsp3) is 0.308. The van der Waals surface area contributed by atoms with Gasteiger partial charge in [-0.05, 0) is 25.0 Å². The van der Waals surface area contributed by atoms with Gasteiger partial charge in [0, 0.05) is 16.1 Å². The van der Waals surface area contributed by atoms with E-state index < -0.39 is 0 Å². The molecule has 6 nitrogen and oxygen atoms in total. The maximum absolute atomic E-state index is 5.77. The standard InChI is InChI=1S/C13H15BrN6/c14-9-3-1-8(2-4-9)12-18-11(19-20-12)7-16-13(15)17-10-5-6-10/h1-4,10H,5-7H2,(H3,15,16,17)(H,18,19,20). The zero-order valence-corrected chi connectivity index (χ0v) is 12.4. The second kappa shape index (κ2) is 5.62. The minimum Gasteiger partial charge on any atom is -0.370 e. The van der Waals surface area contributed by atoms with Crippen LogP contribution in [0.15, 0.2) is 33.7 Å². The van der Waals surface area contributed by atoms with Crippen LogP contribution in [0.2, 0.25) is 0 Å². The van der Waals surface area contributed by atoms with Crippen LogP contribution >= 0.6 is 15.9 Å². The molecule has 0 radical (unpaired) electrons. The van der Waals surface area contributed by atoms with Crippen molar-refractivity contribution in [2.45, 2.75) is 25.4 Å². The van der Waals surface area contributed by atoms with Gasteiger partial charge in [0.1, 0.15) is 12.4 Å². The van der Waals surface area contributed by atoms with E-state index in [4.69, 9.17) is 5.73 Å².